The molecule has 3 rings (SSSR count). The van der Waals surface area contributed by atoms with Crippen LogP contribution in [0.1, 0.15) is 5.82 Å². The molecule has 3 aromatic rings. The zero-order valence-electron chi connectivity index (χ0n) is 10.8. The smallest absolute Gasteiger partial charge is 0.143 e. The van der Waals surface area contributed by atoms with Gasteiger partial charge in [-0.1, -0.05) is 12.1 Å². The van der Waals surface area contributed by atoms with Gasteiger partial charge in [-0.25, -0.2) is 9.97 Å². The van der Waals surface area contributed by atoms with Gasteiger partial charge in [0, 0.05) is 11.8 Å². The quantitative estimate of drug-likeness (QED) is 0.736. The first-order valence-corrected chi connectivity index (χ1v) is 5.94. The lowest BCUT2D eigenvalue weighted by Gasteiger charge is -2.07. The summed E-state index contributed by atoms with van der Waals surface area (Å²) in [5.41, 5.74) is 9.17. The van der Waals surface area contributed by atoms with Crippen molar-refractivity contribution in [3.63, 3.8) is 0 Å². The summed E-state index contributed by atoms with van der Waals surface area (Å²) in [6.07, 6.45) is 1.74. The molecule has 3 N–H and O–H groups in total. The van der Waals surface area contributed by atoms with Gasteiger partial charge in [-0.05, 0) is 19.1 Å². The number of hydrogen-bond acceptors (Lipinski definition) is 4. The van der Waals surface area contributed by atoms with Crippen LogP contribution in [-0.2, 0) is 0 Å². The molecule has 0 aliphatic heterocycles. The van der Waals surface area contributed by atoms with Gasteiger partial charge in [0.15, 0.2) is 0 Å². The number of fused-ring (bicyclic) bond motifs is 1. The summed E-state index contributed by atoms with van der Waals surface area (Å²) in [4.78, 5) is 11.9. The number of H-pyrrole nitrogens is 1. The van der Waals surface area contributed by atoms with E-state index in [1.165, 1.54) is 0 Å². The van der Waals surface area contributed by atoms with Crippen LogP contribution in [0.4, 0.5) is 5.69 Å². The normalized spacial score (nSPS) is 10.8. The molecule has 0 fully saturated rings. The third-order valence-electron chi connectivity index (χ3n) is 3.02. The second kappa shape index (κ2) is 4.28. The molecule has 0 saturated carbocycles. The second-order valence-corrected chi connectivity index (χ2v) is 4.32. The number of benzene rings is 1. The van der Waals surface area contributed by atoms with Crippen LogP contribution in [0, 0.1) is 6.92 Å². The molecule has 0 saturated heterocycles. The fraction of sp³-hybridized carbons (Fsp3) is 0.143. The maximum atomic E-state index is 5.99. The lowest BCUT2D eigenvalue weighted by Crippen LogP contribution is -1.95. The monoisotopic (exact) mass is 254 g/mol. The second-order valence-electron chi connectivity index (χ2n) is 4.32. The van der Waals surface area contributed by atoms with Crippen LogP contribution in [0.5, 0.6) is 5.75 Å². The van der Waals surface area contributed by atoms with Gasteiger partial charge in [0.1, 0.15) is 17.2 Å². The van der Waals surface area contributed by atoms with Crippen molar-refractivity contribution in [2.24, 2.45) is 0 Å². The van der Waals surface area contributed by atoms with Crippen molar-refractivity contribution < 1.29 is 4.74 Å². The molecule has 0 unspecified atom stereocenters. The summed E-state index contributed by atoms with van der Waals surface area (Å²) in [7, 11) is 1.64. The van der Waals surface area contributed by atoms with E-state index in [2.05, 4.69) is 15.0 Å². The van der Waals surface area contributed by atoms with Gasteiger partial charge in [0.2, 0.25) is 0 Å². The highest BCUT2D eigenvalue weighted by atomic mass is 16.5. The molecule has 19 heavy (non-hydrogen) atoms. The Hall–Kier alpha value is -2.56. The Morgan fingerprint density at radius 1 is 1.26 bits per heavy atom. The SMILES string of the molecule is COc1cccc(-c2nc(C)nc3[nH]cc(N)c23)c1. The maximum absolute atomic E-state index is 5.99. The molecular formula is C14H14N4O. The number of aromatic amines is 1. The molecule has 2 aromatic heterocycles. The van der Waals surface area contributed by atoms with Crippen molar-refractivity contribution in [1.82, 2.24) is 15.0 Å². The van der Waals surface area contributed by atoms with Crippen LogP contribution in [0.2, 0.25) is 0 Å². The van der Waals surface area contributed by atoms with Gasteiger partial charge in [-0.15, -0.1) is 0 Å². The number of nitrogens with zero attached hydrogens (tertiary/aromatic N) is 2. The average Bonchev–Trinajstić information content (AvgIpc) is 2.79. The van der Waals surface area contributed by atoms with Gasteiger partial charge in [-0.3, -0.25) is 0 Å². The summed E-state index contributed by atoms with van der Waals surface area (Å²) in [5.74, 6) is 1.49. The first-order chi connectivity index (χ1) is 9.19. The third kappa shape index (κ3) is 1.89. The Balaban J connectivity index is 2.31. The van der Waals surface area contributed by atoms with Crippen LogP contribution in [-0.4, -0.2) is 22.1 Å². The highest BCUT2D eigenvalue weighted by Gasteiger charge is 2.12. The van der Waals surface area contributed by atoms with Gasteiger partial charge < -0.3 is 15.5 Å². The van der Waals surface area contributed by atoms with E-state index in [0.717, 1.165) is 28.0 Å². The van der Waals surface area contributed by atoms with E-state index in [4.69, 9.17) is 10.5 Å². The third-order valence-corrected chi connectivity index (χ3v) is 3.02. The number of rotatable bonds is 2. The molecule has 5 heteroatoms. The minimum atomic E-state index is 0.646. The molecule has 96 valence electrons. The van der Waals surface area contributed by atoms with Crippen LogP contribution < -0.4 is 10.5 Å². The van der Waals surface area contributed by atoms with E-state index in [0.29, 0.717) is 11.5 Å². The van der Waals surface area contributed by atoms with Crippen molar-refractivity contribution in [1.29, 1.82) is 0 Å². The zero-order valence-corrected chi connectivity index (χ0v) is 10.8. The van der Waals surface area contributed by atoms with Gasteiger partial charge in [-0.2, -0.15) is 0 Å². The number of ether oxygens (including phenoxy) is 1. The van der Waals surface area contributed by atoms with Crippen LogP contribution in [0.25, 0.3) is 22.3 Å². The van der Waals surface area contributed by atoms with Crippen molar-refractivity contribution in [3.8, 4) is 17.0 Å². The van der Waals surface area contributed by atoms with Crippen LogP contribution in [0.3, 0.4) is 0 Å². The predicted octanol–water partition coefficient (Wildman–Crippen LogP) is 2.52. The Labute approximate surface area is 110 Å². The first kappa shape index (κ1) is 11.5. The average molecular weight is 254 g/mol. The largest absolute Gasteiger partial charge is 0.497 e. The molecule has 0 radical (unpaired) electrons. The minimum Gasteiger partial charge on any atom is -0.497 e. The standard InChI is InChI=1S/C14H14N4O/c1-8-17-13(9-4-3-5-10(6-9)19-2)12-11(15)7-16-14(12)18-8/h3-7H,15H2,1-2H3,(H,16,17,18). The van der Waals surface area contributed by atoms with Gasteiger partial charge in [0.25, 0.3) is 0 Å². The van der Waals surface area contributed by atoms with Crippen molar-refractivity contribution >= 4 is 16.7 Å². The summed E-state index contributed by atoms with van der Waals surface area (Å²) in [6.45, 7) is 1.86. The Morgan fingerprint density at radius 3 is 2.89 bits per heavy atom. The van der Waals surface area contributed by atoms with E-state index in [9.17, 15) is 0 Å². The van der Waals surface area contributed by atoms with Crippen LogP contribution >= 0.6 is 0 Å². The fourth-order valence-corrected chi connectivity index (χ4v) is 2.15. The molecule has 1 aromatic carbocycles. The number of hydrogen-bond donors (Lipinski definition) is 2. The number of anilines is 1. The van der Waals surface area contributed by atoms with E-state index in [-0.39, 0.29) is 0 Å². The molecule has 2 heterocycles. The van der Waals surface area contributed by atoms with Crippen molar-refractivity contribution in [3.05, 3.63) is 36.3 Å². The topological polar surface area (TPSA) is 76.8 Å². The molecule has 5 nitrogen and oxygen atoms in total. The molecule has 0 aliphatic rings. The molecule has 0 bridgehead atoms. The molecule has 0 aliphatic carbocycles. The van der Waals surface area contributed by atoms with E-state index in [1.807, 2.05) is 31.2 Å². The Morgan fingerprint density at radius 2 is 2.11 bits per heavy atom. The van der Waals surface area contributed by atoms with Gasteiger partial charge >= 0.3 is 0 Å². The van der Waals surface area contributed by atoms with Crippen molar-refractivity contribution in [2.75, 3.05) is 12.8 Å². The number of aryl methyl sites for hydroxylation is 1. The molecule has 0 atom stereocenters. The predicted molar refractivity (Wildman–Crippen MR) is 75.0 cm³/mol. The van der Waals surface area contributed by atoms with Crippen molar-refractivity contribution in [2.45, 2.75) is 6.92 Å². The molecular weight excluding hydrogens is 240 g/mol. The highest BCUT2D eigenvalue weighted by molar-refractivity contribution is 5.99. The zero-order chi connectivity index (χ0) is 13.4. The maximum Gasteiger partial charge on any atom is 0.143 e. The first-order valence-electron chi connectivity index (χ1n) is 5.94. The summed E-state index contributed by atoms with van der Waals surface area (Å²) in [6, 6.07) is 7.75. The number of aromatic nitrogens is 3. The lowest BCUT2D eigenvalue weighted by molar-refractivity contribution is 0.415. The van der Waals surface area contributed by atoms with Crippen LogP contribution in [0.15, 0.2) is 30.5 Å². The van der Waals surface area contributed by atoms with Gasteiger partial charge in [0.05, 0.1) is 23.9 Å². The Bertz CT molecular complexity index is 748. The lowest BCUT2D eigenvalue weighted by atomic mass is 10.1. The number of nitrogens with one attached hydrogen (secondary N) is 1. The fourth-order valence-electron chi connectivity index (χ4n) is 2.15. The van der Waals surface area contributed by atoms with E-state index >= 15 is 0 Å². The number of nitrogen functional groups attached to an aromatic ring is 1. The summed E-state index contributed by atoms with van der Waals surface area (Å²) in [5, 5.41) is 0.846. The Kier molecular flexibility index (Phi) is 2.59. The minimum absolute atomic E-state index is 0.646. The number of nitrogens with two attached hydrogens (primary N) is 1. The summed E-state index contributed by atoms with van der Waals surface area (Å²) >= 11 is 0. The molecule has 0 spiro atoms. The van der Waals surface area contributed by atoms with E-state index in [1.54, 1.807) is 13.3 Å². The number of methoxy groups -OCH3 is 1. The summed E-state index contributed by atoms with van der Waals surface area (Å²) < 4.78 is 5.25. The molecule has 0 amide bonds. The highest BCUT2D eigenvalue weighted by Crippen LogP contribution is 2.31. The van der Waals surface area contributed by atoms with E-state index < -0.39 is 0 Å².